The second kappa shape index (κ2) is 11.6. The van der Waals surface area contributed by atoms with E-state index in [2.05, 4.69) is 16.8 Å². The molecule has 8 heteroatoms. The van der Waals surface area contributed by atoms with E-state index in [9.17, 15) is 18.3 Å². The Kier molecular flexibility index (Phi) is 8.28. The summed E-state index contributed by atoms with van der Waals surface area (Å²) in [4.78, 5) is 16.5. The number of hydrogen-bond acceptors (Lipinski definition) is 5. The molecule has 0 amide bonds. The first-order chi connectivity index (χ1) is 17.8. The quantitative estimate of drug-likeness (QED) is 0.239. The van der Waals surface area contributed by atoms with Crippen molar-refractivity contribution in [3.05, 3.63) is 83.7 Å². The summed E-state index contributed by atoms with van der Waals surface area (Å²) in [7, 11) is -3.15. The highest BCUT2D eigenvalue weighted by Crippen LogP contribution is 2.26. The van der Waals surface area contributed by atoms with Crippen LogP contribution in [-0.2, 0) is 22.8 Å². The number of aromatic nitrogens is 2. The fourth-order valence-corrected chi connectivity index (χ4v) is 5.61. The molecule has 4 aromatic rings. The number of carboxylic acids is 1. The van der Waals surface area contributed by atoms with Gasteiger partial charge in [0.1, 0.15) is 11.7 Å². The Hall–Kier alpha value is -3.65. The number of aromatic carboxylic acids is 1. The van der Waals surface area contributed by atoms with Crippen molar-refractivity contribution in [2.24, 2.45) is 0 Å². The van der Waals surface area contributed by atoms with Gasteiger partial charge in [0.15, 0.2) is 9.84 Å². The second-order valence-corrected chi connectivity index (χ2v) is 11.4. The molecule has 0 spiro atoms. The number of imidazole rings is 1. The molecule has 0 aliphatic carbocycles. The van der Waals surface area contributed by atoms with Gasteiger partial charge < -0.3 is 15.0 Å². The van der Waals surface area contributed by atoms with Crippen LogP contribution in [0.4, 0.5) is 5.69 Å². The largest absolute Gasteiger partial charge is 0.478 e. The highest BCUT2D eigenvalue weighted by Gasteiger charge is 2.15. The number of fused-ring (bicyclic) bond motifs is 1. The summed E-state index contributed by atoms with van der Waals surface area (Å²) in [5.41, 5.74) is 5.45. The van der Waals surface area contributed by atoms with Crippen LogP contribution in [0.3, 0.4) is 0 Å². The topological polar surface area (TPSA) is 101 Å². The van der Waals surface area contributed by atoms with Crippen molar-refractivity contribution in [2.45, 2.75) is 46.1 Å². The summed E-state index contributed by atoms with van der Waals surface area (Å²) in [5.74, 6) is 0.112. The van der Waals surface area contributed by atoms with E-state index in [1.165, 1.54) is 0 Å². The summed E-state index contributed by atoms with van der Waals surface area (Å²) in [6.07, 6.45) is 3.53. The molecule has 0 bridgehead atoms. The van der Waals surface area contributed by atoms with Gasteiger partial charge in [-0.2, -0.15) is 0 Å². The van der Waals surface area contributed by atoms with Crippen LogP contribution in [0.1, 0.15) is 54.9 Å². The van der Waals surface area contributed by atoms with Crippen LogP contribution < -0.4 is 5.32 Å². The van der Waals surface area contributed by atoms with Gasteiger partial charge in [0.05, 0.1) is 22.3 Å². The SMILES string of the molecule is CCCCc1nc2ccc(NCS(=O)(=O)CCC)cc2n1Cc1ccc(-c2ccccc2C(=O)O)cc1. The van der Waals surface area contributed by atoms with Gasteiger partial charge in [0.25, 0.3) is 0 Å². The molecular weight excluding hydrogens is 486 g/mol. The Labute approximate surface area is 218 Å². The lowest BCUT2D eigenvalue weighted by Crippen LogP contribution is -2.17. The van der Waals surface area contributed by atoms with Gasteiger partial charge in [0, 0.05) is 18.7 Å². The third kappa shape index (κ3) is 6.38. The summed E-state index contributed by atoms with van der Waals surface area (Å²) in [6.45, 7) is 4.62. The number of anilines is 1. The maximum absolute atomic E-state index is 12.2. The lowest BCUT2D eigenvalue weighted by molar-refractivity contribution is 0.0697. The van der Waals surface area contributed by atoms with E-state index in [4.69, 9.17) is 4.98 Å². The van der Waals surface area contributed by atoms with Crippen LogP contribution in [0.5, 0.6) is 0 Å². The third-order valence-corrected chi connectivity index (χ3v) is 7.97. The minimum absolute atomic E-state index is 0.0948. The molecule has 0 aliphatic heterocycles. The number of carbonyl (C=O) groups is 1. The molecule has 0 unspecified atom stereocenters. The average molecular weight is 520 g/mol. The predicted molar refractivity (Wildman–Crippen MR) is 149 cm³/mol. The van der Waals surface area contributed by atoms with E-state index in [0.29, 0.717) is 18.5 Å². The zero-order chi connectivity index (χ0) is 26.4. The molecule has 0 aliphatic rings. The number of carboxylic acid groups (broad SMARTS) is 1. The standard InChI is InChI=1S/C29H33N3O4S/c1-3-5-10-28-31-26-16-15-23(30-20-37(35,36)17-4-2)18-27(26)32(28)19-21-11-13-22(14-12-21)24-8-6-7-9-25(24)29(33)34/h6-9,11-16,18,30H,3-5,10,17,19-20H2,1-2H3,(H,33,34). The van der Waals surface area contributed by atoms with E-state index < -0.39 is 15.8 Å². The number of nitrogens with zero attached hydrogens (tertiary/aromatic N) is 2. The number of rotatable bonds is 12. The molecule has 0 saturated carbocycles. The summed E-state index contributed by atoms with van der Waals surface area (Å²) < 4.78 is 26.5. The van der Waals surface area contributed by atoms with Gasteiger partial charge >= 0.3 is 5.97 Å². The van der Waals surface area contributed by atoms with Crippen LogP contribution in [0, 0.1) is 0 Å². The first-order valence-corrected chi connectivity index (χ1v) is 14.5. The van der Waals surface area contributed by atoms with Crippen LogP contribution >= 0.6 is 0 Å². The minimum atomic E-state index is -3.15. The fraction of sp³-hybridized carbons (Fsp3) is 0.310. The van der Waals surface area contributed by atoms with Gasteiger partial charge in [-0.3, -0.25) is 0 Å². The van der Waals surface area contributed by atoms with Crippen LogP contribution in [0.25, 0.3) is 22.2 Å². The number of aryl methyl sites for hydroxylation is 1. The van der Waals surface area contributed by atoms with Gasteiger partial charge in [-0.25, -0.2) is 18.2 Å². The Morgan fingerprint density at radius 2 is 1.76 bits per heavy atom. The molecule has 1 heterocycles. The van der Waals surface area contributed by atoms with E-state index in [1.807, 2.05) is 61.5 Å². The summed E-state index contributed by atoms with van der Waals surface area (Å²) >= 11 is 0. The van der Waals surface area contributed by atoms with Crippen LogP contribution in [-0.4, -0.2) is 40.7 Å². The van der Waals surface area contributed by atoms with Crippen molar-refractivity contribution in [3.63, 3.8) is 0 Å². The predicted octanol–water partition coefficient (Wildman–Crippen LogP) is 5.99. The molecule has 2 N–H and O–H groups in total. The lowest BCUT2D eigenvalue weighted by atomic mass is 9.99. The zero-order valence-electron chi connectivity index (χ0n) is 21.3. The second-order valence-electron chi connectivity index (χ2n) is 9.24. The monoisotopic (exact) mass is 519 g/mol. The molecule has 194 valence electrons. The third-order valence-electron chi connectivity index (χ3n) is 6.36. The van der Waals surface area contributed by atoms with Crippen LogP contribution in [0.2, 0.25) is 0 Å². The summed E-state index contributed by atoms with van der Waals surface area (Å²) in [5, 5.41) is 12.6. The van der Waals surface area contributed by atoms with Crippen molar-refractivity contribution in [3.8, 4) is 11.1 Å². The molecule has 7 nitrogen and oxygen atoms in total. The maximum atomic E-state index is 12.2. The molecule has 0 saturated heterocycles. The zero-order valence-corrected chi connectivity index (χ0v) is 22.1. The van der Waals surface area contributed by atoms with Crippen molar-refractivity contribution in [1.29, 1.82) is 0 Å². The van der Waals surface area contributed by atoms with Crippen LogP contribution in [0.15, 0.2) is 66.7 Å². The Balaban J connectivity index is 1.64. The highest BCUT2D eigenvalue weighted by atomic mass is 32.2. The van der Waals surface area contributed by atoms with E-state index >= 15 is 0 Å². The molecule has 4 rings (SSSR count). The van der Waals surface area contributed by atoms with E-state index in [1.54, 1.807) is 12.1 Å². The summed E-state index contributed by atoms with van der Waals surface area (Å²) in [6, 6.07) is 20.7. The lowest BCUT2D eigenvalue weighted by Gasteiger charge is -2.12. The minimum Gasteiger partial charge on any atom is -0.478 e. The highest BCUT2D eigenvalue weighted by molar-refractivity contribution is 7.91. The van der Waals surface area contributed by atoms with Crippen molar-refractivity contribution in [1.82, 2.24) is 9.55 Å². The number of unbranched alkanes of at least 4 members (excludes halogenated alkanes) is 1. The van der Waals surface area contributed by atoms with Gasteiger partial charge in [-0.05, 0) is 53.8 Å². The number of nitrogens with one attached hydrogen (secondary N) is 1. The molecule has 0 fully saturated rings. The Morgan fingerprint density at radius 3 is 2.46 bits per heavy atom. The van der Waals surface area contributed by atoms with E-state index in [0.717, 1.165) is 52.9 Å². The molecular formula is C29H33N3O4S. The number of sulfone groups is 1. The Morgan fingerprint density at radius 1 is 1.00 bits per heavy atom. The van der Waals surface area contributed by atoms with Gasteiger partial charge in [-0.15, -0.1) is 0 Å². The number of hydrogen-bond donors (Lipinski definition) is 2. The fourth-order valence-electron chi connectivity index (χ4n) is 4.45. The average Bonchev–Trinajstić information content (AvgIpc) is 3.23. The molecule has 0 atom stereocenters. The molecule has 0 radical (unpaired) electrons. The smallest absolute Gasteiger partial charge is 0.336 e. The molecule has 3 aromatic carbocycles. The van der Waals surface area contributed by atoms with Crippen molar-refractivity contribution >= 4 is 32.5 Å². The molecule has 1 aromatic heterocycles. The van der Waals surface area contributed by atoms with Gasteiger partial charge in [-0.1, -0.05) is 62.7 Å². The normalized spacial score (nSPS) is 11.6. The molecule has 37 heavy (non-hydrogen) atoms. The Bertz CT molecular complexity index is 1490. The first kappa shape index (κ1) is 26.4. The first-order valence-electron chi connectivity index (χ1n) is 12.7. The number of benzene rings is 3. The maximum Gasteiger partial charge on any atom is 0.336 e. The van der Waals surface area contributed by atoms with Crippen molar-refractivity contribution < 1.29 is 18.3 Å². The van der Waals surface area contributed by atoms with Gasteiger partial charge in [0.2, 0.25) is 0 Å². The van der Waals surface area contributed by atoms with Crippen molar-refractivity contribution in [2.75, 3.05) is 16.9 Å². The van der Waals surface area contributed by atoms with E-state index in [-0.39, 0.29) is 17.2 Å².